The molecule has 0 aliphatic carbocycles. The van der Waals surface area contributed by atoms with E-state index in [1.54, 1.807) is 0 Å². The average molecular weight is 300 g/mol. The van der Waals surface area contributed by atoms with Crippen LogP contribution in [0.15, 0.2) is 21.9 Å². The van der Waals surface area contributed by atoms with Crippen molar-refractivity contribution in [2.24, 2.45) is 0 Å². The first-order valence-electron chi connectivity index (χ1n) is 3.71. The van der Waals surface area contributed by atoms with Crippen LogP contribution in [-0.4, -0.2) is 25.9 Å². The monoisotopic (exact) mass is 299 g/mol. The molecular formula is C6H4ClN2O6S2+. The number of rotatable bonds is 2. The van der Waals surface area contributed by atoms with Crippen LogP contribution >= 0.6 is 11.6 Å². The molecule has 8 nitrogen and oxygen atoms in total. The Balaban J connectivity index is 3.92. The van der Waals surface area contributed by atoms with Gasteiger partial charge in [-0.15, -0.1) is 0 Å². The number of hydrogen-bond acceptors (Lipinski definition) is 5. The van der Waals surface area contributed by atoms with E-state index in [0.717, 1.165) is 0 Å². The highest BCUT2D eigenvalue weighted by Gasteiger charge is 2.35. The fourth-order valence-corrected chi connectivity index (χ4v) is 2.80. The van der Waals surface area contributed by atoms with Crippen LogP contribution in [-0.2, 0) is 20.2 Å². The highest BCUT2D eigenvalue weighted by Crippen LogP contribution is 2.34. The fraction of sp³-hybridized carbons (Fsp3) is 0. The second-order valence-corrected chi connectivity index (χ2v) is 6.02. The Morgan fingerprint density at radius 3 is 1.65 bits per heavy atom. The van der Waals surface area contributed by atoms with E-state index in [9.17, 15) is 16.8 Å². The minimum atomic E-state index is -4.86. The van der Waals surface area contributed by atoms with Crippen molar-refractivity contribution < 1.29 is 25.9 Å². The zero-order valence-electron chi connectivity index (χ0n) is 7.77. The van der Waals surface area contributed by atoms with Gasteiger partial charge in [0.15, 0.2) is 14.8 Å². The summed E-state index contributed by atoms with van der Waals surface area (Å²) in [5, 5.41) is 8.16. The SMILES string of the molecule is N#[N+]c1c(S(=O)(=O)O)cc(Cl)cc1S(=O)(=O)O. The summed E-state index contributed by atoms with van der Waals surface area (Å²) < 4.78 is 61.1. The van der Waals surface area contributed by atoms with Gasteiger partial charge in [-0.25, -0.2) is 0 Å². The Morgan fingerprint density at radius 2 is 1.41 bits per heavy atom. The molecule has 11 heteroatoms. The van der Waals surface area contributed by atoms with Gasteiger partial charge in [-0.05, 0) is 12.1 Å². The van der Waals surface area contributed by atoms with Crippen molar-refractivity contribution in [1.82, 2.24) is 0 Å². The molecule has 1 aromatic carbocycles. The quantitative estimate of drug-likeness (QED) is 0.620. The first kappa shape index (κ1) is 13.8. The summed E-state index contributed by atoms with van der Waals surface area (Å²) >= 11 is 5.42. The van der Waals surface area contributed by atoms with Gasteiger partial charge in [-0.1, -0.05) is 11.6 Å². The Kier molecular flexibility index (Phi) is 3.42. The molecule has 0 unspecified atom stereocenters. The molecule has 0 fully saturated rings. The standard InChI is InChI=1S/C6H3ClN2O6S2/c7-3-1-4(16(10,11)12)6(9-8)5(2-3)17(13,14)15/h1-2H,(H-,10,11,12,13,14,15)/p+1. The molecule has 0 radical (unpaired) electrons. The van der Waals surface area contributed by atoms with Crippen molar-refractivity contribution in [3.05, 3.63) is 22.1 Å². The number of benzene rings is 1. The van der Waals surface area contributed by atoms with E-state index in [2.05, 4.69) is 4.98 Å². The molecule has 0 spiro atoms. The molecule has 0 amide bonds. The number of halogens is 1. The molecule has 0 heterocycles. The van der Waals surface area contributed by atoms with Crippen molar-refractivity contribution in [1.29, 1.82) is 5.39 Å². The van der Waals surface area contributed by atoms with Crippen LogP contribution in [0.3, 0.4) is 0 Å². The molecule has 92 valence electrons. The van der Waals surface area contributed by atoms with Gasteiger partial charge in [-0.3, -0.25) is 9.11 Å². The second-order valence-electron chi connectivity index (χ2n) is 2.80. The van der Waals surface area contributed by atoms with Gasteiger partial charge in [0.05, 0.1) is 0 Å². The summed E-state index contributed by atoms with van der Waals surface area (Å²) in [4.78, 5) is 0.324. The van der Waals surface area contributed by atoms with Crippen LogP contribution in [0.5, 0.6) is 0 Å². The summed E-state index contributed by atoms with van der Waals surface area (Å²) in [6, 6.07) is 1.33. The molecule has 1 rings (SSSR count). The third kappa shape index (κ3) is 2.90. The number of diazo groups is 1. The largest absolute Gasteiger partial charge is 0.426 e. The van der Waals surface area contributed by atoms with Gasteiger partial charge in [0.1, 0.15) is 0 Å². The van der Waals surface area contributed by atoms with E-state index in [-0.39, 0.29) is 0 Å². The average Bonchev–Trinajstić information content (AvgIpc) is 2.13. The third-order valence-electron chi connectivity index (χ3n) is 1.66. The maximum atomic E-state index is 10.9. The Morgan fingerprint density at radius 1 is 1.06 bits per heavy atom. The van der Waals surface area contributed by atoms with E-state index in [1.165, 1.54) is 0 Å². The van der Waals surface area contributed by atoms with Crippen molar-refractivity contribution in [3.8, 4) is 0 Å². The van der Waals surface area contributed by atoms with E-state index < -0.39 is 40.7 Å². The molecule has 0 aromatic heterocycles. The minimum absolute atomic E-state index is 0.391. The van der Waals surface area contributed by atoms with Crippen molar-refractivity contribution in [3.63, 3.8) is 0 Å². The highest BCUT2D eigenvalue weighted by atomic mass is 35.5. The molecule has 0 aliphatic rings. The first-order chi connectivity index (χ1) is 7.57. The van der Waals surface area contributed by atoms with Crippen LogP contribution in [0, 0.1) is 5.39 Å². The topological polar surface area (TPSA) is 137 Å². The molecule has 17 heavy (non-hydrogen) atoms. The zero-order valence-corrected chi connectivity index (χ0v) is 10.2. The predicted molar refractivity (Wildman–Crippen MR) is 55.8 cm³/mol. The number of nitrogens with zero attached hydrogens (tertiary/aromatic N) is 2. The zero-order chi connectivity index (χ0) is 13.4. The Labute approximate surface area is 101 Å². The first-order valence-corrected chi connectivity index (χ1v) is 6.97. The lowest BCUT2D eigenvalue weighted by molar-refractivity contribution is 0.482. The van der Waals surface area contributed by atoms with Gasteiger partial charge < -0.3 is 0 Å². The molecular weight excluding hydrogens is 296 g/mol. The van der Waals surface area contributed by atoms with Crippen molar-refractivity contribution >= 4 is 37.5 Å². The molecule has 0 saturated carbocycles. The Bertz CT molecular complexity index is 664. The molecule has 2 N–H and O–H groups in total. The normalized spacial score (nSPS) is 12.1. The maximum Gasteiger partial charge on any atom is 0.426 e. The van der Waals surface area contributed by atoms with Gasteiger partial charge >= 0.3 is 25.9 Å². The van der Waals surface area contributed by atoms with Gasteiger partial charge in [0.2, 0.25) is 5.39 Å². The summed E-state index contributed by atoms with van der Waals surface area (Å²) in [6.45, 7) is 0. The van der Waals surface area contributed by atoms with E-state index in [0.29, 0.717) is 12.1 Å². The van der Waals surface area contributed by atoms with Gasteiger partial charge in [0, 0.05) is 5.02 Å². The summed E-state index contributed by atoms with van der Waals surface area (Å²) in [5.74, 6) is 0. The molecule has 0 bridgehead atoms. The van der Waals surface area contributed by atoms with E-state index in [4.69, 9.17) is 26.1 Å². The van der Waals surface area contributed by atoms with Gasteiger partial charge in [0.25, 0.3) is 0 Å². The van der Waals surface area contributed by atoms with Gasteiger partial charge in [-0.2, -0.15) is 16.8 Å². The van der Waals surface area contributed by atoms with Crippen LogP contribution in [0.25, 0.3) is 4.98 Å². The number of hydrogen-bond donors (Lipinski definition) is 2. The smallest absolute Gasteiger partial charge is 0.282 e. The van der Waals surface area contributed by atoms with E-state index >= 15 is 0 Å². The minimum Gasteiger partial charge on any atom is -0.282 e. The summed E-state index contributed by atoms with van der Waals surface area (Å²) in [6.07, 6.45) is 0. The lowest BCUT2D eigenvalue weighted by atomic mass is 10.3. The van der Waals surface area contributed by atoms with Crippen molar-refractivity contribution in [2.75, 3.05) is 0 Å². The van der Waals surface area contributed by atoms with Crippen molar-refractivity contribution in [2.45, 2.75) is 9.79 Å². The van der Waals surface area contributed by atoms with Crippen LogP contribution in [0.4, 0.5) is 5.69 Å². The summed E-state index contributed by atoms with van der Waals surface area (Å²) in [5.41, 5.74) is -1.03. The van der Waals surface area contributed by atoms with Crippen LogP contribution < -0.4 is 0 Å². The predicted octanol–water partition coefficient (Wildman–Crippen LogP) is 1.32. The van der Waals surface area contributed by atoms with Crippen LogP contribution in [0.1, 0.15) is 0 Å². The lowest BCUT2D eigenvalue weighted by Crippen LogP contribution is -2.04. The second kappa shape index (κ2) is 4.21. The van der Waals surface area contributed by atoms with E-state index in [1.807, 2.05) is 0 Å². The maximum absolute atomic E-state index is 10.9. The third-order valence-corrected chi connectivity index (χ3v) is 3.61. The molecule has 0 saturated heterocycles. The highest BCUT2D eigenvalue weighted by molar-refractivity contribution is 7.87. The lowest BCUT2D eigenvalue weighted by Gasteiger charge is -1.99. The fourth-order valence-electron chi connectivity index (χ4n) is 1.04. The molecule has 0 atom stereocenters. The summed E-state index contributed by atoms with van der Waals surface area (Å²) in [7, 11) is -9.73. The van der Waals surface area contributed by atoms with Crippen LogP contribution in [0.2, 0.25) is 5.02 Å². The molecule has 0 aliphatic heterocycles. The molecule has 1 aromatic rings. The Hall–Kier alpha value is -1.25.